The number of benzene rings is 1. The third-order valence-corrected chi connectivity index (χ3v) is 6.39. The van der Waals surface area contributed by atoms with E-state index in [9.17, 15) is 9.59 Å². The van der Waals surface area contributed by atoms with Crippen molar-refractivity contribution in [2.24, 2.45) is 0 Å². The molecule has 1 fully saturated rings. The number of nitrogens with zero attached hydrogens (tertiary/aromatic N) is 5. The highest BCUT2D eigenvalue weighted by Crippen LogP contribution is 2.26. The number of amides is 1. The molecule has 0 atom stereocenters. The van der Waals surface area contributed by atoms with Crippen LogP contribution in [0.25, 0.3) is 11.0 Å². The third-order valence-electron chi connectivity index (χ3n) is 5.65. The van der Waals surface area contributed by atoms with Crippen molar-refractivity contribution >= 4 is 46.1 Å². The second kappa shape index (κ2) is 8.87. The third kappa shape index (κ3) is 4.31. The van der Waals surface area contributed by atoms with Crippen molar-refractivity contribution in [3.63, 3.8) is 0 Å². The van der Waals surface area contributed by atoms with Gasteiger partial charge in [-0.25, -0.2) is 9.97 Å². The van der Waals surface area contributed by atoms with Crippen molar-refractivity contribution in [1.82, 2.24) is 29.6 Å². The largest absolute Gasteiger partial charge is 0.451 e. The average Bonchev–Trinajstić information content (AvgIpc) is 3.50. The summed E-state index contributed by atoms with van der Waals surface area (Å²) in [5, 5.41) is 8.46. The summed E-state index contributed by atoms with van der Waals surface area (Å²) in [7, 11) is 0. The van der Waals surface area contributed by atoms with Crippen LogP contribution < -0.4 is 10.9 Å². The Hall–Kier alpha value is -3.37. The average molecular weight is 488 g/mol. The molecule has 1 amide bonds. The predicted molar refractivity (Wildman–Crippen MR) is 123 cm³/mol. The molecule has 1 aliphatic heterocycles. The second-order valence-electron chi connectivity index (χ2n) is 7.74. The van der Waals surface area contributed by atoms with Crippen LogP contribution in [0.1, 0.15) is 34.9 Å². The Balaban J connectivity index is 1.29. The lowest BCUT2D eigenvalue weighted by Gasteiger charge is -2.31. The highest BCUT2D eigenvalue weighted by atomic mass is 35.5. The fraction of sp³-hybridized carbons (Fsp3) is 0.286. The van der Waals surface area contributed by atoms with Crippen LogP contribution in [0.4, 0.5) is 5.95 Å². The molecule has 3 aromatic heterocycles. The van der Waals surface area contributed by atoms with E-state index in [-0.39, 0.29) is 17.5 Å². The highest BCUT2D eigenvalue weighted by Gasteiger charge is 2.27. The fourth-order valence-corrected chi connectivity index (χ4v) is 4.28. The minimum atomic E-state index is -0.282. The van der Waals surface area contributed by atoms with E-state index in [1.165, 1.54) is 12.7 Å². The van der Waals surface area contributed by atoms with Gasteiger partial charge in [-0.15, -0.1) is 0 Å². The van der Waals surface area contributed by atoms with Gasteiger partial charge in [0, 0.05) is 19.6 Å². The number of aromatic nitrogens is 5. The quantitative estimate of drug-likeness (QED) is 0.441. The summed E-state index contributed by atoms with van der Waals surface area (Å²) in [5.74, 6) is 0.177. The molecular weight excluding hydrogens is 469 g/mol. The standard InChI is InChI=1S/C21H19Cl2N7O3/c22-14-2-1-12(7-15(14)23)8-24-21-27-16-9-26-30(18(16)19(31)28-21)13-3-5-29(6-4-13)20(32)17-10-33-11-25-17/h1-2,7,9-11,13H,3-6,8H2,(H2,24,27,28,31). The van der Waals surface area contributed by atoms with Gasteiger partial charge in [0.05, 0.1) is 22.3 Å². The van der Waals surface area contributed by atoms with Crippen molar-refractivity contribution in [2.75, 3.05) is 18.4 Å². The summed E-state index contributed by atoms with van der Waals surface area (Å²) in [6.07, 6.45) is 5.49. The first-order valence-electron chi connectivity index (χ1n) is 10.3. The number of carbonyl (C=O) groups excluding carboxylic acids is 1. The number of piperidine rings is 1. The number of hydrogen-bond donors (Lipinski definition) is 2. The zero-order valence-electron chi connectivity index (χ0n) is 17.3. The van der Waals surface area contributed by atoms with E-state index < -0.39 is 0 Å². The Labute approximate surface area is 197 Å². The Bertz CT molecular complexity index is 1360. The van der Waals surface area contributed by atoms with Crippen LogP contribution in [-0.4, -0.2) is 48.6 Å². The molecule has 1 aliphatic rings. The van der Waals surface area contributed by atoms with Crippen molar-refractivity contribution in [3.05, 3.63) is 68.7 Å². The smallest absolute Gasteiger partial charge is 0.278 e. The number of nitrogens with one attached hydrogen (secondary N) is 2. The summed E-state index contributed by atoms with van der Waals surface area (Å²) in [6.45, 7) is 1.48. The number of fused-ring (bicyclic) bond motifs is 1. The summed E-state index contributed by atoms with van der Waals surface area (Å²) in [6, 6.07) is 5.30. The van der Waals surface area contributed by atoms with Gasteiger partial charge < -0.3 is 14.6 Å². The molecule has 1 aromatic carbocycles. The molecule has 0 spiro atoms. The van der Waals surface area contributed by atoms with E-state index in [1.54, 1.807) is 27.9 Å². The number of oxazole rings is 1. The molecule has 0 unspecified atom stereocenters. The molecule has 2 N–H and O–H groups in total. The van der Waals surface area contributed by atoms with Gasteiger partial charge in [0.25, 0.3) is 11.5 Å². The molecule has 12 heteroatoms. The molecule has 4 aromatic rings. The van der Waals surface area contributed by atoms with Gasteiger partial charge >= 0.3 is 0 Å². The normalized spacial score (nSPS) is 14.7. The summed E-state index contributed by atoms with van der Waals surface area (Å²) in [5.41, 5.74) is 1.82. The molecule has 0 saturated carbocycles. The van der Waals surface area contributed by atoms with Gasteiger partial charge in [-0.2, -0.15) is 5.10 Å². The Morgan fingerprint density at radius 3 is 2.79 bits per heavy atom. The van der Waals surface area contributed by atoms with E-state index in [1.807, 2.05) is 6.07 Å². The molecule has 5 rings (SSSR count). The molecule has 0 bridgehead atoms. The number of hydrogen-bond acceptors (Lipinski definition) is 7. The van der Waals surface area contributed by atoms with Crippen LogP contribution in [0, 0.1) is 0 Å². The van der Waals surface area contributed by atoms with Crippen LogP contribution in [0.2, 0.25) is 10.0 Å². The van der Waals surface area contributed by atoms with Gasteiger partial charge in [-0.05, 0) is 30.5 Å². The van der Waals surface area contributed by atoms with Crippen molar-refractivity contribution < 1.29 is 9.21 Å². The summed E-state index contributed by atoms with van der Waals surface area (Å²) >= 11 is 12.0. The minimum Gasteiger partial charge on any atom is -0.451 e. The molecule has 1 saturated heterocycles. The summed E-state index contributed by atoms with van der Waals surface area (Å²) < 4.78 is 6.61. The maximum absolute atomic E-state index is 12.8. The molecule has 0 aliphatic carbocycles. The predicted octanol–water partition coefficient (Wildman–Crippen LogP) is 3.50. The van der Waals surface area contributed by atoms with Crippen molar-refractivity contribution in [3.8, 4) is 0 Å². The van der Waals surface area contributed by atoms with Crippen molar-refractivity contribution in [2.45, 2.75) is 25.4 Å². The highest BCUT2D eigenvalue weighted by molar-refractivity contribution is 6.42. The van der Waals surface area contributed by atoms with Gasteiger partial charge in [0.1, 0.15) is 11.8 Å². The molecule has 0 radical (unpaired) electrons. The lowest BCUT2D eigenvalue weighted by atomic mass is 10.0. The molecule has 10 nitrogen and oxygen atoms in total. The first-order chi connectivity index (χ1) is 16.0. The van der Waals surface area contributed by atoms with E-state index in [0.717, 1.165) is 5.56 Å². The van der Waals surface area contributed by atoms with Crippen LogP contribution >= 0.6 is 23.2 Å². The van der Waals surface area contributed by atoms with Crippen LogP contribution in [0.15, 0.2) is 46.3 Å². The number of halogens is 2. The lowest BCUT2D eigenvalue weighted by molar-refractivity contribution is 0.0685. The number of carbonyl (C=O) groups is 1. The van der Waals surface area contributed by atoms with E-state index in [4.69, 9.17) is 27.6 Å². The topological polar surface area (TPSA) is 122 Å². The van der Waals surface area contributed by atoms with Crippen molar-refractivity contribution in [1.29, 1.82) is 0 Å². The van der Waals surface area contributed by atoms with Gasteiger partial charge in [-0.1, -0.05) is 29.3 Å². The zero-order chi connectivity index (χ0) is 22.9. The molecular formula is C21H19Cl2N7O3. The van der Waals surface area contributed by atoms with Crippen LogP contribution in [-0.2, 0) is 6.54 Å². The number of H-pyrrole nitrogens is 1. The van der Waals surface area contributed by atoms with E-state index >= 15 is 0 Å². The Kier molecular flexibility index (Phi) is 5.77. The zero-order valence-corrected chi connectivity index (χ0v) is 18.8. The van der Waals surface area contributed by atoms with Gasteiger partial charge in [0.2, 0.25) is 5.95 Å². The van der Waals surface area contributed by atoms with Crippen LogP contribution in [0.5, 0.6) is 0 Å². The second-order valence-corrected chi connectivity index (χ2v) is 8.55. The SMILES string of the molecule is O=C(c1cocn1)N1CCC(n2ncc3nc(NCc4ccc(Cl)c(Cl)c4)[nH]c(=O)c32)CC1. The molecule has 4 heterocycles. The maximum atomic E-state index is 12.8. The van der Waals surface area contributed by atoms with Gasteiger partial charge in [0.15, 0.2) is 17.6 Å². The van der Waals surface area contributed by atoms with Crippen LogP contribution in [0.3, 0.4) is 0 Å². The van der Waals surface area contributed by atoms with E-state index in [0.29, 0.717) is 65.2 Å². The first-order valence-corrected chi connectivity index (χ1v) is 11.1. The molecule has 33 heavy (non-hydrogen) atoms. The first kappa shape index (κ1) is 21.5. The number of aromatic amines is 1. The number of anilines is 1. The Morgan fingerprint density at radius 1 is 1.24 bits per heavy atom. The maximum Gasteiger partial charge on any atom is 0.278 e. The Morgan fingerprint density at radius 2 is 2.06 bits per heavy atom. The fourth-order valence-electron chi connectivity index (χ4n) is 3.96. The monoisotopic (exact) mass is 487 g/mol. The minimum absolute atomic E-state index is 0.0122. The number of rotatable bonds is 5. The van der Waals surface area contributed by atoms with Gasteiger partial charge in [-0.3, -0.25) is 19.3 Å². The number of likely N-dealkylation sites (tertiary alicyclic amines) is 1. The molecule has 170 valence electrons. The van der Waals surface area contributed by atoms with E-state index in [2.05, 4.69) is 25.4 Å². The summed E-state index contributed by atoms with van der Waals surface area (Å²) in [4.78, 5) is 38.2. The lowest BCUT2D eigenvalue weighted by Crippen LogP contribution is -2.39.